The van der Waals surface area contributed by atoms with Crippen LogP contribution < -0.4 is 0 Å². The van der Waals surface area contributed by atoms with E-state index in [4.69, 9.17) is 0 Å². The van der Waals surface area contributed by atoms with Crippen LogP contribution in [-0.4, -0.2) is 5.78 Å². The molecule has 0 spiro atoms. The van der Waals surface area contributed by atoms with Crippen molar-refractivity contribution in [2.75, 3.05) is 0 Å². The monoisotopic (exact) mass is 186 g/mol. The zero-order valence-corrected chi connectivity index (χ0v) is 8.36. The molecule has 1 unspecified atom stereocenters. The van der Waals surface area contributed by atoms with Gasteiger partial charge in [0.05, 0.1) is 0 Å². The van der Waals surface area contributed by atoms with E-state index in [9.17, 15) is 4.79 Å². The van der Waals surface area contributed by atoms with Gasteiger partial charge in [-0.05, 0) is 30.1 Å². The molecular weight excluding hydrogens is 172 g/mol. The zero-order valence-electron chi connectivity index (χ0n) is 8.36. The summed E-state index contributed by atoms with van der Waals surface area (Å²) >= 11 is 0. The van der Waals surface area contributed by atoms with Crippen molar-refractivity contribution in [3.63, 3.8) is 0 Å². The summed E-state index contributed by atoms with van der Waals surface area (Å²) in [6.45, 7) is 2.00. The molecule has 0 N–H and O–H groups in total. The van der Waals surface area contributed by atoms with Gasteiger partial charge in [0.15, 0.2) is 5.78 Å². The van der Waals surface area contributed by atoms with Crippen molar-refractivity contribution in [3.05, 3.63) is 42.0 Å². The fraction of sp³-hybridized carbons (Fsp3) is 0.308. The molecule has 0 radical (unpaired) electrons. The van der Waals surface area contributed by atoms with Crippen LogP contribution in [-0.2, 0) is 4.79 Å². The molecule has 0 amide bonds. The number of allylic oxidation sites excluding steroid dienone is 2. The summed E-state index contributed by atoms with van der Waals surface area (Å²) in [4.78, 5) is 11.5. The molecule has 0 saturated carbocycles. The Morgan fingerprint density at radius 1 is 1.21 bits per heavy atom. The van der Waals surface area contributed by atoms with E-state index in [0.717, 1.165) is 12.8 Å². The second-order valence-corrected chi connectivity index (χ2v) is 3.88. The van der Waals surface area contributed by atoms with Gasteiger partial charge < -0.3 is 0 Å². The number of carbonyl (C=O) groups excluding carboxylic acids is 1. The molecule has 1 nitrogen and oxygen atoms in total. The minimum atomic E-state index is 0.211. The van der Waals surface area contributed by atoms with Crippen molar-refractivity contribution in [2.24, 2.45) is 5.92 Å². The molecule has 14 heavy (non-hydrogen) atoms. The van der Waals surface area contributed by atoms with Crippen LogP contribution in [0.25, 0.3) is 5.57 Å². The van der Waals surface area contributed by atoms with Gasteiger partial charge in [0.1, 0.15) is 0 Å². The van der Waals surface area contributed by atoms with Crippen LogP contribution in [0.3, 0.4) is 0 Å². The fourth-order valence-electron chi connectivity index (χ4n) is 1.78. The van der Waals surface area contributed by atoms with Crippen LogP contribution in [0.15, 0.2) is 36.4 Å². The Bertz CT molecular complexity index is 362. The first kappa shape index (κ1) is 9.20. The van der Waals surface area contributed by atoms with Crippen LogP contribution in [0.4, 0.5) is 0 Å². The maximum Gasteiger partial charge on any atom is 0.158 e. The molecule has 2 rings (SSSR count). The van der Waals surface area contributed by atoms with Crippen LogP contribution in [0.5, 0.6) is 0 Å². The Morgan fingerprint density at radius 3 is 2.57 bits per heavy atom. The minimum absolute atomic E-state index is 0.211. The molecule has 0 aliphatic heterocycles. The zero-order chi connectivity index (χ0) is 9.97. The lowest BCUT2D eigenvalue weighted by Crippen LogP contribution is -2.13. The molecule has 72 valence electrons. The van der Waals surface area contributed by atoms with Crippen molar-refractivity contribution >= 4 is 11.4 Å². The maximum atomic E-state index is 11.5. The highest BCUT2D eigenvalue weighted by Gasteiger charge is 2.18. The number of ketones is 1. The first-order valence-corrected chi connectivity index (χ1v) is 5.07. The summed E-state index contributed by atoms with van der Waals surface area (Å²) in [5, 5.41) is 0. The molecule has 0 aromatic heterocycles. The quantitative estimate of drug-likeness (QED) is 0.658. The molecule has 0 heterocycles. The summed E-state index contributed by atoms with van der Waals surface area (Å²) in [5.74, 6) is 0.484. The molecule has 1 aliphatic rings. The Labute approximate surface area is 84.5 Å². The van der Waals surface area contributed by atoms with Gasteiger partial charge in [-0.1, -0.05) is 37.3 Å². The topological polar surface area (TPSA) is 17.1 Å². The minimum Gasteiger partial charge on any atom is -0.295 e. The smallest absolute Gasteiger partial charge is 0.158 e. The van der Waals surface area contributed by atoms with Gasteiger partial charge in [-0.2, -0.15) is 0 Å². The highest BCUT2D eigenvalue weighted by Crippen LogP contribution is 2.27. The lowest BCUT2D eigenvalue weighted by atomic mass is 9.87. The average Bonchev–Trinajstić information content (AvgIpc) is 2.23. The van der Waals surface area contributed by atoms with E-state index >= 15 is 0 Å². The Hall–Kier alpha value is -1.37. The van der Waals surface area contributed by atoms with Crippen molar-refractivity contribution in [1.82, 2.24) is 0 Å². The number of hydrogen-bond acceptors (Lipinski definition) is 1. The van der Waals surface area contributed by atoms with E-state index in [1.165, 1.54) is 11.1 Å². The van der Waals surface area contributed by atoms with Crippen LogP contribution in [0.1, 0.15) is 25.3 Å². The van der Waals surface area contributed by atoms with Crippen LogP contribution >= 0.6 is 0 Å². The van der Waals surface area contributed by atoms with Gasteiger partial charge in [0.2, 0.25) is 0 Å². The molecule has 1 aliphatic carbocycles. The van der Waals surface area contributed by atoms with E-state index in [1.54, 1.807) is 0 Å². The third kappa shape index (κ3) is 1.77. The Morgan fingerprint density at radius 2 is 1.93 bits per heavy atom. The van der Waals surface area contributed by atoms with Gasteiger partial charge in [-0.3, -0.25) is 4.79 Å². The van der Waals surface area contributed by atoms with Crippen LogP contribution in [0.2, 0.25) is 0 Å². The molecule has 1 atom stereocenters. The number of rotatable bonds is 1. The summed E-state index contributed by atoms with van der Waals surface area (Å²) in [6, 6.07) is 10.2. The number of carbonyl (C=O) groups is 1. The summed E-state index contributed by atoms with van der Waals surface area (Å²) in [5.41, 5.74) is 2.38. The number of benzene rings is 1. The summed E-state index contributed by atoms with van der Waals surface area (Å²) in [6.07, 6.45) is 3.82. The largest absolute Gasteiger partial charge is 0.295 e. The van der Waals surface area contributed by atoms with Crippen molar-refractivity contribution < 1.29 is 4.79 Å². The number of hydrogen-bond donors (Lipinski definition) is 0. The Balaban J connectivity index is 2.29. The predicted molar refractivity (Wildman–Crippen MR) is 57.8 cm³/mol. The lowest BCUT2D eigenvalue weighted by molar-refractivity contribution is -0.118. The summed E-state index contributed by atoms with van der Waals surface area (Å²) < 4.78 is 0. The van der Waals surface area contributed by atoms with Gasteiger partial charge in [0, 0.05) is 5.92 Å². The highest BCUT2D eigenvalue weighted by atomic mass is 16.1. The third-order valence-electron chi connectivity index (χ3n) is 2.79. The third-order valence-corrected chi connectivity index (χ3v) is 2.79. The van der Waals surface area contributed by atoms with E-state index in [-0.39, 0.29) is 11.7 Å². The Kier molecular flexibility index (Phi) is 2.49. The molecule has 1 aromatic rings. The first-order valence-electron chi connectivity index (χ1n) is 5.07. The normalized spacial score (nSPS) is 21.9. The van der Waals surface area contributed by atoms with E-state index < -0.39 is 0 Å². The van der Waals surface area contributed by atoms with Gasteiger partial charge in [-0.15, -0.1) is 0 Å². The first-order chi connectivity index (χ1) is 6.77. The van der Waals surface area contributed by atoms with Gasteiger partial charge >= 0.3 is 0 Å². The fourth-order valence-corrected chi connectivity index (χ4v) is 1.78. The standard InChI is InChI=1S/C13H14O/c1-10-7-8-12(9-13(10)14)11-5-3-2-4-6-11/h2-6,9-10H,7-8H2,1H3. The highest BCUT2D eigenvalue weighted by molar-refractivity contribution is 5.99. The molecule has 0 saturated heterocycles. The summed E-state index contributed by atoms with van der Waals surface area (Å²) in [7, 11) is 0. The van der Waals surface area contributed by atoms with Crippen molar-refractivity contribution in [3.8, 4) is 0 Å². The van der Waals surface area contributed by atoms with Crippen molar-refractivity contribution in [2.45, 2.75) is 19.8 Å². The molecule has 1 heteroatoms. The van der Waals surface area contributed by atoms with E-state index in [1.807, 2.05) is 31.2 Å². The van der Waals surface area contributed by atoms with Gasteiger partial charge in [-0.25, -0.2) is 0 Å². The van der Waals surface area contributed by atoms with Gasteiger partial charge in [0.25, 0.3) is 0 Å². The lowest BCUT2D eigenvalue weighted by Gasteiger charge is -2.17. The molecular formula is C13H14O. The second-order valence-electron chi connectivity index (χ2n) is 3.88. The second kappa shape index (κ2) is 3.79. The predicted octanol–water partition coefficient (Wildman–Crippen LogP) is 3.07. The molecule has 0 fully saturated rings. The SMILES string of the molecule is CC1CCC(c2ccccc2)=CC1=O. The average molecular weight is 186 g/mol. The van der Waals surface area contributed by atoms with E-state index in [0.29, 0.717) is 0 Å². The molecule has 0 bridgehead atoms. The van der Waals surface area contributed by atoms with Crippen LogP contribution in [0, 0.1) is 5.92 Å². The van der Waals surface area contributed by atoms with E-state index in [2.05, 4.69) is 12.1 Å². The molecule has 1 aromatic carbocycles. The maximum absolute atomic E-state index is 11.5. The van der Waals surface area contributed by atoms with Crippen molar-refractivity contribution in [1.29, 1.82) is 0 Å².